The molecule has 6 rings (SSSR count). The number of hydrogen-bond donors (Lipinski definition) is 0. The second-order valence-electron chi connectivity index (χ2n) is 9.42. The Labute approximate surface area is 191 Å². The lowest BCUT2D eigenvalue weighted by Gasteiger charge is -2.35. The van der Waals surface area contributed by atoms with Crippen molar-refractivity contribution in [2.75, 3.05) is 49.2 Å². The molecule has 0 aromatic carbocycles. The number of pyridine rings is 1. The monoisotopic (exact) mass is 455 g/mol. The Morgan fingerprint density at radius 3 is 2.52 bits per heavy atom. The number of ether oxygens (including phenoxy) is 1. The van der Waals surface area contributed by atoms with Gasteiger partial charge in [-0.1, -0.05) is 13.8 Å². The van der Waals surface area contributed by atoms with Crippen molar-refractivity contribution >= 4 is 55.2 Å². The van der Waals surface area contributed by atoms with Crippen LogP contribution in [0.3, 0.4) is 0 Å². The molecule has 2 saturated heterocycles. The number of thioether (sulfide) groups is 1. The van der Waals surface area contributed by atoms with Crippen LogP contribution in [-0.2, 0) is 16.9 Å². The maximum Gasteiger partial charge on any atom is 0.150 e. The van der Waals surface area contributed by atoms with E-state index in [1.165, 1.54) is 46.3 Å². The third-order valence-electron chi connectivity index (χ3n) is 6.75. The van der Waals surface area contributed by atoms with Crippen molar-refractivity contribution in [1.82, 2.24) is 15.0 Å². The Hall–Kier alpha value is -1.64. The Bertz CT molecular complexity index is 1130. The molecule has 0 amide bonds. The van der Waals surface area contributed by atoms with Crippen LogP contribution >= 0.6 is 23.1 Å². The van der Waals surface area contributed by atoms with Gasteiger partial charge in [-0.15, -0.1) is 11.3 Å². The van der Waals surface area contributed by atoms with Crippen LogP contribution in [0.1, 0.15) is 44.2 Å². The second-order valence-corrected chi connectivity index (χ2v) is 12.1. The van der Waals surface area contributed by atoms with Crippen molar-refractivity contribution in [1.29, 1.82) is 0 Å². The van der Waals surface area contributed by atoms with Crippen LogP contribution in [0.5, 0.6) is 0 Å². The number of piperidine rings is 1. The SMILES string of the molecule is CC1(C)Cc2c(c(N3CCOCC3)nc3sc4c(N5CCCCC5)ncnc4c23)CS1. The normalized spacial score (nSPS) is 21.6. The summed E-state index contributed by atoms with van der Waals surface area (Å²) in [6.45, 7) is 10.3. The van der Waals surface area contributed by atoms with E-state index < -0.39 is 0 Å². The van der Waals surface area contributed by atoms with Gasteiger partial charge in [-0.05, 0) is 31.2 Å². The predicted octanol–water partition coefficient (Wildman–Crippen LogP) is 4.63. The highest BCUT2D eigenvalue weighted by Gasteiger charge is 2.33. The lowest BCUT2D eigenvalue weighted by molar-refractivity contribution is 0.122. The maximum atomic E-state index is 5.62. The van der Waals surface area contributed by atoms with Crippen LogP contribution in [0.4, 0.5) is 11.6 Å². The summed E-state index contributed by atoms with van der Waals surface area (Å²) >= 11 is 3.84. The average Bonchev–Trinajstić information content (AvgIpc) is 3.18. The molecule has 3 aliphatic heterocycles. The first-order chi connectivity index (χ1) is 15.1. The molecule has 164 valence electrons. The fraction of sp³-hybridized carbons (Fsp3) is 0.609. The van der Waals surface area contributed by atoms with Gasteiger partial charge in [0.1, 0.15) is 22.8 Å². The molecule has 0 atom stereocenters. The molecule has 0 bridgehead atoms. The summed E-state index contributed by atoms with van der Waals surface area (Å²) in [5, 5.41) is 1.28. The predicted molar refractivity (Wildman–Crippen MR) is 131 cm³/mol. The van der Waals surface area contributed by atoms with Gasteiger partial charge < -0.3 is 14.5 Å². The first-order valence-corrected chi connectivity index (χ1v) is 13.2. The number of morpholine rings is 1. The van der Waals surface area contributed by atoms with E-state index in [0.29, 0.717) is 0 Å². The zero-order chi connectivity index (χ0) is 21.0. The number of rotatable bonds is 2. The Morgan fingerprint density at radius 1 is 0.935 bits per heavy atom. The van der Waals surface area contributed by atoms with Crippen LogP contribution in [0.2, 0.25) is 0 Å². The molecule has 6 heterocycles. The minimum absolute atomic E-state index is 0.223. The molecule has 0 unspecified atom stereocenters. The van der Waals surface area contributed by atoms with E-state index >= 15 is 0 Å². The molecule has 31 heavy (non-hydrogen) atoms. The molecule has 3 aromatic rings. The third-order valence-corrected chi connectivity index (χ3v) is 9.18. The lowest BCUT2D eigenvalue weighted by atomic mass is 9.94. The van der Waals surface area contributed by atoms with E-state index in [9.17, 15) is 0 Å². The Balaban J connectivity index is 1.58. The topological polar surface area (TPSA) is 54.4 Å². The van der Waals surface area contributed by atoms with E-state index in [2.05, 4.69) is 23.6 Å². The molecule has 3 aromatic heterocycles. The van der Waals surface area contributed by atoms with Gasteiger partial charge in [0.15, 0.2) is 0 Å². The first kappa shape index (κ1) is 20.0. The Morgan fingerprint density at radius 2 is 1.71 bits per heavy atom. The van der Waals surface area contributed by atoms with Crippen molar-refractivity contribution in [3.8, 4) is 0 Å². The number of hydrogen-bond acceptors (Lipinski definition) is 8. The number of anilines is 2. The van der Waals surface area contributed by atoms with Crippen molar-refractivity contribution in [3.63, 3.8) is 0 Å². The van der Waals surface area contributed by atoms with Gasteiger partial charge in [-0.2, -0.15) is 11.8 Å². The maximum absolute atomic E-state index is 5.62. The molecule has 0 N–H and O–H groups in total. The summed E-state index contributed by atoms with van der Waals surface area (Å²) in [6.07, 6.45) is 6.64. The highest BCUT2D eigenvalue weighted by atomic mass is 32.2. The van der Waals surface area contributed by atoms with Gasteiger partial charge in [-0.3, -0.25) is 0 Å². The molecular weight excluding hydrogens is 426 g/mol. The summed E-state index contributed by atoms with van der Waals surface area (Å²) in [7, 11) is 0. The standard InChI is InChI=1S/C23H29N5OS2/c1-23(2)12-15-16(13-30-23)20(28-8-10-29-11-9-28)26-22-17(15)18-19(31-22)21(25-14-24-18)27-6-4-3-5-7-27/h14H,3-13H2,1-2H3. The fourth-order valence-electron chi connectivity index (χ4n) is 5.14. The largest absolute Gasteiger partial charge is 0.378 e. The highest BCUT2D eigenvalue weighted by Crippen LogP contribution is 2.48. The van der Waals surface area contributed by atoms with Gasteiger partial charge in [0.2, 0.25) is 0 Å². The molecule has 6 nitrogen and oxygen atoms in total. The molecule has 0 radical (unpaired) electrons. The zero-order valence-electron chi connectivity index (χ0n) is 18.3. The fourth-order valence-corrected chi connectivity index (χ4v) is 7.40. The molecule has 3 aliphatic rings. The number of nitrogens with zero attached hydrogens (tertiary/aromatic N) is 5. The summed E-state index contributed by atoms with van der Waals surface area (Å²) in [5.41, 5.74) is 3.98. The van der Waals surface area contributed by atoms with Gasteiger partial charge in [-0.25, -0.2) is 15.0 Å². The van der Waals surface area contributed by atoms with E-state index in [1.54, 1.807) is 17.7 Å². The van der Waals surface area contributed by atoms with Crippen molar-refractivity contribution in [3.05, 3.63) is 17.5 Å². The zero-order valence-corrected chi connectivity index (χ0v) is 19.9. The number of fused-ring (bicyclic) bond motifs is 5. The molecule has 0 aliphatic carbocycles. The minimum atomic E-state index is 0.223. The van der Waals surface area contributed by atoms with Gasteiger partial charge in [0, 0.05) is 47.6 Å². The van der Waals surface area contributed by atoms with Crippen molar-refractivity contribution in [2.45, 2.75) is 50.0 Å². The second kappa shape index (κ2) is 7.74. The summed E-state index contributed by atoms with van der Waals surface area (Å²) in [6, 6.07) is 0. The van der Waals surface area contributed by atoms with Crippen LogP contribution < -0.4 is 9.80 Å². The van der Waals surface area contributed by atoms with Crippen LogP contribution in [0, 0.1) is 0 Å². The van der Waals surface area contributed by atoms with Crippen LogP contribution in [0.25, 0.3) is 20.4 Å². The van der Waals surface area contributed by atoms with Gasteiger partial charge in [0.25, 0.3) is 0 Å². The highest BCUT2D eigenvalue weighted by molar-refractivity contribution is 7.99. The summed E-state index contributed by atoms with van der Waals surface area (Å²) < 4.78 is 7.06. The first-order valence-electron chi connectivity index (χ1n) is 11.4. The van der Waals surface area contributed by atoms with Gasteiger partial charge >= 0.3 is 0 Å². The molecule has 8 heteroatoms. The van der Waals surface area contributed by atoms with Gasteiger partial charge in [0.05, 0.1) is 23.4 Å². The van der Waals surface area contributed by atoms with Crippen molar-refractivity contribution in [2.24, 2.45) is 0 Å². The third kappa shape index (κ3) is 3.47. The lowest BCUT2D eigenvalue weighted by Crippen LogP contribution is -2.38. The average molecular weight is 456 g/mol. The van der Waals surface area contributed by atoms with E-state index in [-0.39, 0.29) is 4.75 Å². The van der Waals surface area contributed by atoms with Crippen LogP contribution in [0.15, 0.2) is 6.33 Å². The minimum Gasteiger partial charge on any atom is -0.378 e. The quantitative estimate of drug-likeness (QED) is 0.558. The number of aromatic nitrogens is 3. The van der Waals surface area contributed by atoms with E-state index in [0.717, 1.165) is 67.7 Å². The van der Waals surface area contributed by atoms with Crippen LogP contribution in [-0.4, -0.2) is 59.1 Å². The summed E-state index contributed by atoms with van der Waals surface area (Å²) in [4.78, 5) is 20.8. The molecule has 2 fully saturated rings. The van der Waals surface area contributed by atoms with Crippen molar-refractivity contribution < 1.29 is 4.74 Å². The molecular formula is C23H29N5OS2. The summed E-state index contributed by atoms with van der Waals surface area (Å²) in [5.74, 6) is 3.30. The molecule has 0 saturated carbocycles. The molecule has 0 spiro atoms. The van der Waals surface area contributed by atoms with E-state index in [1.807, 2.05) is 11.8 Å². The van der Waals surface area contributed by atoms with E-state index in [4.69, 9.17) is 19.7 Å². The Kier molecular flexibility index (Phi) is 5.00. The number of thiophene rings is 1. The smallest absolute Gasteiger partial charge is 0.150 e.